The van der Waals surface area contributed by atoms with Crippen molar-refractivity contribution in [2.24, 2.45) is 0 Å². The Morgan fingerprint density at radius 1 is 0.648 bits per heavy atom. The second-order valence-corrected chi connectivity index (χ2v) is 16.4. The van der Waals surface area contributed by atoms with Crippen LogP contribution in [0.2, 0.25) is 0 Å². The van der Waals surface area contributed by atoms with Gasteiger partial charge in [-0.25, -0.2) is 4.98 Å². The minimum Gasteiger partial charge on any atom is -0.494 e. The smallest absolute Gasteiger partial charge is 0.149 e. The van der Waals surface area contributed by atoms with Crippen LogP contribution in [0.3, 0.4) is 0 Å². The molecule has 9 rings (SSSR count). The van der Waals surface area contributed by atoms with E-state index in [1.165, 1.54) is 49.4 Å². The molecule has 0 saturated carbocycles. The Balaban J connectivity index is 1.42. The Morgan fingerprint density at radius 2 is 1.35 bits per heavy atom. The van der Waals surface area contributed by atoms with Gasteiger partial charge in [0.25, 0.3) is 0 Å². The summed E-state index contributed by atoms with van der Waals surface area (Å²) in [4.78, 5) is 5.48. The van der Waals surface area contributed by atoms with Crippen molar-refractivity contribution in [3.63, 3.8) is 0 Å². The fraction of sp³-hybridized carbons (Fsp3) is 0.220. The highest BCUT2D eigenvalue weighted by atomic mass is 16.5. The normalized spacial score (nSPS) is 12.4. The van der Waals surface area contributed by atoms with E-state index in [0.717, 1.165) is 55.8 Å². The topological polar surface area (TPSA) is 40.2 Å². The molecule has 2 aromatic heterocycles. The van der Waals surface area contributed by atoms with Crippen LogP contribution < -0.4 is 4.74 Å². The summed E-state index contributed by atoms with van der Waals surface area (Å²) in [5, 5.41) is 7.11. The van der Waals surface area contributed by atoms with Crippen LogP contribution >= 0.6 is 0 Å². The van der Waals surface area contributed by atoms with E-state index < -0.39 is 0 Å². The predicted molar refractivity (Wildman–Crippen MR) is 228 cm³/mol. The largest absolute Gasteiger partial charge is 0.494 e. The minimum atomic E-state index is -0.127. The molecule has 0 saturated heterocycles. The maximum absolute atomic E-state index is 7.12. The number of para-hydroxylation sites is 1. The number of nitrogens with zero attached hydrogens (tertiary/aromatic N) is 2. The van der Waals surface area contributed by atoms with Gasteiger partial charge >= 0.3 is 0 Å². The van der Waals surface area contributed by atoms with E-state index in [4.69, 9.17) is 14.1 Å². The van der Waals surface area contributed by atoms with Gasteiger partial charge in [-0.2, -0.15) is 0 Å². The lowest BCUT2D eigenvalue weighted by Gasteiger charge is -2.25. The van der Waals surface area contributed by atoms with E-state index >= 15 is 0 Å². The number of hydrogen-bond acceptors (Lipinski definition) is 3. The molecule has 0 spiro atoms. The van der Waals surface area contributed by atoms with Crippen LogP contribution in [0.4, 0.5) is 0 Å². The highest BCUT2D eigenvalue weighted by Gasteiger charge is 2.29. The van der Waals surface area contributed by atoms with Gasteiger partial charge in [-0.05, 0) is 109 Å². The van der Waals surface area contributed by atoms with Crippen LogP contribution in [-0.4, -0.2) is 16.7 Å². The summed E-state index contributed by atoms with van der Waals surface area (Å²) in [6.07, 6.45) is 0. The van der Waals surface area contributed by atoms with E-state index in [1.807, 2.05) is 12.1 Å². The minimum absolute atomic E-state index is 0.127. The second-order valence-electron chi connectivity index (χ2n) is 16.4. The van der Waals surface area contributed by atoms with Crippen LogP contribution in [0.25, 0.3) is 82.7 Å². The van der Waals surface area contributed by atoms with E-state index in [9.17, 15) is 0 Å². The fourth-order valence-corrected chi connectivity index (χ4v) is 8.46. The Bertz CT molecular complexity index is 2870. The molecular weight excluding hydrogens is 661 g/mol. The SMILES string of the molecule is COc1cccc2nc(-c3ccc(C(C)(C)C)c4c3oc3cc5c(ccc6ccccc65)cc34)n(-c3c(C(C)C)cc(-c4ccccc4)cc3C(C)C)c12. The number of rotatable bonds is 6. The fourth-order valence-electron chi connectivity index (χ4n) is 8.46. The third kappa shape index (κ3) is 5.30. The highest BCUT2D eigenvalue weighted by Crippen LogP contribution is 2.47. The standard InChI is InChI=1S/C50H46N2O2/c1-29(2)37-26-34(31-15-10-9-11-16-31)27-38(30(3)4)46(37)52-47-42(19-14-20-43(47)53-8)51-49(52)36-23-24-41(50(5,6)7)45-40-25-33-22-21-32-17-12-13-18-35(32)39(33)28-44(40)54-48(36)45/h9-30H,1-8H3. The van der Waals surface area contributed by atoms with Gasteiger partial charge < -0.3 is 9.15 Å². The molecule has 0 bridgehead atoms. The average molecular weight is 707 g/mol. The molecule has 0 aliphatic heterocycles. The third-order valence-corrected chi connectivity index (χ3v) is 11.1. The number of imidazole rings is 1. The number of benzene rings is 7. The van der Waals surface area contributed by atoms with Crippen LogP contribution in [0.1, 0.15) is 77.0 Å². The van der Waals surface area contributed by atoms with Crippen molar-refractivity contribution in [2.45, 2.75) is 65.7 Å². The van der Waals surface area contributed by atoms with Gasteiger partial charge in [0.15, 0.2) is 0 Å². The molecule has 4 nitrogen and oxygen atoms in total. The first-order valence-electron chi connectivity index (χ1n) is 19.1. The summed E-state index contributed by atoms with van der Waals surface area (Å²) in [5.41, 5.74) is 11.7. The monoisotopic (exact) mass is 706 g/mol. The Morgan fingerprint density at radius 3 is 2.06 bits per heavy atom. The summed E-state index contributed by atoms with van der Waals surface area (Å²) in [7, 11) is 1.75. The van der Waals surface area contributed by atoms with E-state index in [2.05, 4.69) is 162 Å². The lowest BCUT2D eigenvalue weighted by atomic mass is 9.83. The molecule has 54 heavy (non-hydrogen) atoms. The number of methoxy groups -OCH3 is 1. The first kappa shape index (κ1) is 33.9. The molecule has 7 aromatic carbocycles. The number of furan rings is 1. The molecule has 0 atom stereocenters. The van der Waals surface area contributed by atoms with Crippen molar-refractivity contribution in [3.05, 3.63) is 138 Å². The van der Waals surface area contributed by atoms with Gasteiger partial charge in [0.05, 0.1) is 23.9 Å². The van der Waals surface area contributed by atoms with Crippen LogP contribution in [0.15, 0.2) is 126 Å². The predicted octanol–water partition coefficient (Wildman–Crippen LogP) is 14.1. The van der Waals surface area contributed by atoms with Crippen molar-refractivity contribution in [3.8, 4) is 34.0 Å². The average Bonchev–Trinajstić information content (AvgIpc) is 3.74. The van der Waals surface area contributed by atoms with E-state index in [0.29, 0.717) is 0 Å². The van der Waals surface area contributed by atoms with Gasteiger partial charge in [0, 0.05) is 10.8 Å². The van der Waals surface area contributed by atoms with Crippen molar-refractivity contribution in [1.29, 1.82) is 0 Å². The van der Waals surface area contributed by atoms with Crippen molar-refractivity contribution in [2.75, 3.05) is 7.11 Å². The molecule has 0 aliphatic carbocycles. The molecule has 0 N–H and O–H groups in total. The van der Waals surface area contributed by atoms with Crippen LogP contribution in [-0.2, 0) is 5.41 Å². The lowest BCUT2D eigenvalue weighted by Crippen LogP contribution is -2.12. The molecule has 2 heterocycles. The Labute approximate surface area is 317 Å². The van der Waals surface area contributed by atoms with Crippen molar-refractivity contribution >= 4 is 54.5 Å². The zero-order valence-corrected chi connectivity index (χ0v) is 32.4. The zero-order chi connectivity index (χ0) is 37.5. The highest BCUT2D eigenvalue weighted by molar-refractivity contribution is 6.18. The zero-order valence-electron chi connectivity index (χ0n) is 32.4. The summed E-state index contributed by atoms with van der Waals surface area (Å²) in [6.45, 7) is 16.0. The number of fused-ring (bicyclic) bond motifs is 7. The van der Waals surface area contributed by atoms with E-state index in [1.54, 1.807) is 7.11 Å². The summed E-state index contributed by atoms with van der Waals surface area (Å²) in [6, 6.07) is 43.8. The van der Waals surface area contributed by atoms with Crippen molar-refractivity contribution in [1.82, 2.24) is 9.55 Å². The molecule has 9 aromatic rings. The molecule has 0 unspecified atom stereocenters. The summed E-state index contributed by atoms with van der Waals surface area (Å²) >= 11 is 0. The molecule has 4 heteroatoms. The molecular formula is C50H46N2O2. The molecule has 0 amide bonds. The number of ether oxygens (including phenoxy) is 1. The van der Waals surface area contributed by atoms with Gasteiger partial charge in [0.2, 0.25) is 0 Å². The van der Waals surface area contributed by atoms with Crippen molar-refractivity contribution < 1.29 is 9.15 Å². The summed E-state index contributed by atoms with van der Waals surface area (Å²) in [5.74, 6) is 2.09. The van der Waals surface area contributed by atoms with Crippen LogP contribution in [0, 0.1) is 0 Å². The second kappa shape index (κ2) is 12.6. The van der Waals surface area contributed by atoms with Crippen LogP contribution in [0.5, 0.6) is 5.75 Å². The molecule has 0 aliphatic rings. The molecule has 0 fully saturated rings. The van der Waals surface area contributed by atoms with E-state index in [-0.39, 0.29) is 17.3 Å². The van der Waals surface area contributed by atoms with Gasteiger partial charge in [-0.3, -0.25) is 4.57 Å². The summed E-state index contributed by atoms with van der Waals surface area (Å²) < 4.78 is 15.6. The molecule has 268 valence electrons. The number of aromatic nitrogens is 2. The van der Waals surface area contributed by atoms with Gasteiger partial charge in [0.1, 0.15) is 28.3 Å². The lowest BCUT2D eigenvalue weighted by molar-refractivity contribution is 0.418. The third-order valence-electron chi connectivity index (χ3n) is 11.1. The molecule has 0 radical (unpaired) electrons. The van der Waals surface area contributed by atoms with Gasteiger partial charge in [-0.1, -0.05) is 127 Å². The Kier molecular flexibility index (Phi) is 7.93. The maximum Gasteiger partial charge on any atom is 0.149 e. The Hall–Kier alpha value is -5.87. The quantitative estimate of drug-likeness (QED) is 0.162. The first-order valence-corrected chi connectivity index (χ1v) is 19.1. The first-order chi connectivity index (χ1) is 26.0. The van der Waals surface area contributed by atoms with Gasteiger partial charge in [-0.15, -0.1) is 0 Å². The number of hydrogen-bond donors (Lipinski definition) is 0. The maximum atomic E-state index is 7.12.